The van der Waals surface area contributed by atoms with Gasteiger partial charge >= 0.3 is 0 Å². The van der Waals surface area contributed by atoms with Crippen molar-refractivity contribution in [2.45, 2.75) is 26.3 Å². The highest BCUT2D eigenvalue weighted by molar-refractivity contribution is 5.54. The number of nitrogens with zero attached hydrogens (tertiary/aromatic N) is 2. The van der Waals surface area contributed by atoms with Gasteiger partial charge in [-0.1, -0.05) is 6.92 Å². The fourth-order valence-corrected chi connectivity index (χ4v) is 2.88. The van der Waals surface area contributed by atoms with Crippen molar-refractivity contribution in [3.8, 4) is 11.5 Å². The van der Waals surface area contributed by atoms with E-state index < -0.39 is 0 Å². The van der Waals surface area contributed by atoms with Crippen LogP contribution in [0.3, 0.4) is 0 Å². The molecule has 21 heavy (non-hydrogen) atoms. The number of piperidine rings is 1. The predicted octanol–water partition coefficient (Wildman–Crippen LogP) is 2.84. The molecular formula is C15H22N2O4. The molecule has 2 rings (SSSR count). The van der Waals surface area contributed by atoms with Gasteiger partial charge in [0, 0.05) is 18.7 Å². The van der Waals surface area contributed by atoms with E-state index in [-0.39, 0.29) is 10.6 Å². The van der Waals surface area contributed by atoms with E-state index >= 15 is 0 Å². The molecule has 0 aromatic heterocycles. The van der Waals surface area contributed by atoms with Gasteiger partial charge in [-0.25, -0.2) is 0 Å². The molecular weight excluding hydrogens is 272 g/mol. The molecule has 0 spiro atoms. The third kappa shape index (κ3) is 3.64. The molecule has 0 unspecified atom stereocenters. The lowest BCUT2D eigenvalue weighted by molar-refractivity contribution is -0.385. The summed E-state index contributed by atoms with van der Waals surface area (Å²) in [6.45, 7) is 4.75. The molecule has 1 saturated heterocycles. The topological polar surface area (TPSA) is 64.8 Å². The molecule has 1 atom stereocenters. The van der Waals surface area contributed by atoms with Crippen molar-refractivity contribution in [3.05, 3.63) is 27.8 Å². The number of likely N-dealkylation sites (tertiary alicyclic amines) is 1. The van der Waals surface area contributed by atoms with Gasteiger partial charge in [0.2, 0.25) is 0 Å². The first-order valence-corrected chi connectivity index (χ1v) is 7.16. The number of benzene rings is 1. The monoisotopic (exact) mass is 294 g/mol. The summed E-state index contributed by atoms with van der Waals surface area (Å²) in [5, 5.41) is 11.3. The van der Waals surface area contributed by atoms with Crippen molar-refractivity contribution >= 4 is 5.69 Å². The van der Waals surface area contributed by atoms with Gasteiger partial charge in [-0.05, 0) is 31.4 Å². The number of ether oxygens (including phenoxy) is 2. The molecule has 0 aliphatic carbocycles. The molecule has 1 aromatic rings. The van der Waals surface area contributed by atoms with Crippen LogP contribution in [0.15, 0.2) is 12.1 Å². The molecule has 6 nitrogen and oxygen atoms in total. The number of rotatable bonds is 5. The highest BCUT2D eigenvalue weighted by Gasteiger charge is 2.23. The van der Waals surface area contributed by atoms with Crippen LogP contribution in [0.2, 0.25) is 0 Å². The second-order valence-corrected chi connectivity index (χ2v) is 5.58. The van der Waals surface area contributed by atoms with Crippen molar-refractivity contribution in [2.24, 2.45) is 5.92 Å². The lowest BCUT2D eigenvalue weighted by atomic mass is 9.99. The molecule has 1 aliphatic heterocycles. The zero-order chi connectivity index (χ0) is 15.4. The fourth-order valence-electron chi connectivity index (χ4n) is 2.88. The summed E-state index contributed by atoms with van der Waals surface area (Å²) in [4.78, 5) is 13.2. The molecule has 1 aromatic carbocycles. The third-order valence-corrected chi connectivity index (χ3v) is 3.92. The minimum atomic E-state index is -0.356. The van der Waals surface area contributed by atoms with Gasteiger partial charge in [-0.15, -0.1) is 0 Å². The first-order valence-electron chi connectivity index (χ1n) is 7.16. The van der Waals surface area contributed by atoms with Crippen molar-refractivity contribution in [3.63, 3.8) is 0 Å². The van der Waals surface area contributed by atoms with Crippen LogP contribution < -0.4 is 9.47 Å². The Bertz CT molecular complexity index is 519. The van der Waals surface area contributed by atoms with Gasteiger partial charge < -0.3 is 9.47 Å². The van der Waals surface area contributed by atoms with Gasteiger partial charge in [0.05, 0.1) is 25.2 Å². The zero-order valence-corrected chi connectivity index (χ0v) is 12.8. The Morgan fingerprint density at radius 2 is 2.00 bits per heavy atom. The second kappa shape index (κ2) is 6.76. The Hall–Kier alpha value is -1.82. The smallest absolute Gasteiger partial charge is 0.277 e. The highest BCUT2D eigenvalue weighted by Crippen LogP contribution is 2.35. The van der Waals surface area contributed by atoms with Crippen LogP contribution >= 0.6 is 0 Å². The molecule has 1 aliphatic rings. The molecule has 116 valence electrons. The van der Waals surface area contributed by atoms with Crippen LogP contribution in [0.5, 0.6) is 11.5 Å². The van der Waals surface area contributed by atoms with Crippen LogP contribution in [-0.2, 0) is 6.54 Å². The quantitative estimate of drug-likeness (QED) is 0.617. The maximum absolute atomic E-state index is 11.3. The second-order valence-electron chi connectivity index (χ2n) is 5.58. The van der Waals surface area contributed by atoms with Gasteiger partial charge in [0.1, 0.15) is 0 Å². The Morgan fingerprint density at radius 3 is 2.57 bits per heavy atom. The number of nitro benzene ring substituents is 1. The van der Waals surface area contributed by atoms with Crippen molar-refractivity contribution in [2.75, 3.05) is 27.3 Å². The van der Waals surface area contributed by atoms with Crippen molar-refractivity contribution in [1.29, 1.82) is 0 Å². The first-order chi connectivity index (χ1) is 10.0. The standard InChI is InChI=1S/C15H22N2O4/c1-11-5-4-6-16(9-11)10-12-7-14(20-2)15(21-3)8-13(12)17(18)19/h7-8,11H,4-6,9-10H2,1-3H3/t11-/m1/s1. The Labute approximate surface area is 124 Å². The van der Waals surface area contributed by atoms with Crippen molar-refractivity contribution < 1.29 is 14.4 Å². The van der Waals surface area contributed by atoms with E-state index in [1.54, 1.807) is 6.07 Å². The molecule has 0 saturated carbocycles. The predicted molar refractivity (Wildman–Crippen MR) is 79.9 cm³/mol. The average molecular weight is 294 g/mol. The number of nitro groups is 1. The van der Waals surface area contributed by atoms with E-state index in [0.717, 1.165) is 19.5 Å². The van der Waals surface area contributed by atoms with Crippen molar-refractivity contribution in [1.82, 2.24) is 4.90 Å². The minimum absolute atomic E-state index is 0.0888. The average Bonchev–Trinajstić information content (AvgIpc) is 2.46. The maximum Gasteiger partial charge on any atom is 0.277 e. The molecule has 0 amide bonds. The van der Waals surface area contributed by atoms with Crippen LogP contribution in [0, 0.1) is 16.0 Å². The molecule has 0 N–H and O–H groups in total. The van der Waals surface area contributed by atoms with Gasteiger partial charge in [-0.2, -0.15) is 0 Å². The van der Waals surface area contributed by atoms with E-state index in [9.17, 15) is 10.1 Å². The van der Waals surface area contributed by atoms with E-state index in [1.807, 2.05) is 0 Å². The first kappa shape index (κ1) is 15.6. The summed E-state index contributed by atoms with van der Waals surface area (Å²) in [5.41, 5.74) is 0.762. The fraction of sp³-hybridized carbons (Fsp3) is 0.600. The van der Waals surface area contributed by atoms with Crippen LogP contribution in [0.4, 0.5) is 5.69 Å². The molecule has 0 radical (unpaired) electrons. The molecule has 6 heteroatoms. The SMILES string of the molecule is COc1cc(CN2CCC[C@@H](C)C2)c([N+](=O)[O-])cc1OC. The number of hydrogen-bond acceptors (Lipinski definition) is 5. The Morgan fingerprint density at radius 1 is 1.33 bits per heavy atom. The van der Waals surface area contributed by atoms with Gasteiger partial charge in [0.25, 0.3) is 5.69 Å². The number of hydrogen-bond donors (Lipinski definition) is 0. The molecule has 1 fully saturated rings. The Kier molecular flexibility index (Phi) is 5.01. The van der Waals surface area contributed by atoms with Gasteiger partial charge in [0.15, 0.2) is 11.5 Å². The maximum atomic E-state index is 11.3. The highest BCUT2D eigenvalue weighted by atomic mass is 16.6. The Balaban J connectivity index is 2.29. The van der Waals surface area contributed by atoms with Crippen LogP contribution in [-0.4, -0.2) is 37.1 Å². The van der Waals surface area contributed by atoms with Crippen LogP contribution in [0.25, 0.3) is 0 Å². The summed E-state index contributed by atoms with van der Waals surface area (Å²) < 4.78 is 10.4. The molecule has 1 heterocycles. The van der Waals surface area contributed by atoms with E-state index in [1.165, 1.54) is 26.7 Å². The largest absolute Gasteiger partial charge is 0.493 e. The summed E-state index contributed by atoms with van der Waals surface area (Å²) in [5.74, 6) is 1.56. The zero-order valence-electron chi connectivity index (χ0n) is 12.8. The third-order valence-electron chi connectivity index (χ3n) is 3.92. The summed E-state index contributed by atoms with van der Waals surface area (Å²) in [6, 6.07) is 3.16. The summed E-state index contributed by atoms with van der Waals surface area (Å²) in [7, 11) is 3.02. The molecule has 0 bridgehead atoms. The van der Waals surface area contributed by atoms with Crippen LogP contribution in [0.1, 0.15) is 25.3 Å². The van der Waals surface area contributed by atoms with Gasteiger partial charge in [-0.3, -0.25) is 15.0 Å². The van der Waals surface area contributed by atoms with E-state index in [2.05, 4.69) is 11.8 Å². The summed E-state index contributed by atoms with van der Waals surface area (Å²) >= 11 is 0. The lowest BCUT2D eigenvalue weighted by Crippen LogP contribution is -2.33. The van der Waals surface area contributed by atoms with E-state index in [0.29, 0.717) is 29.5 Å². The number of methoxy groups -OCH3 is 2. The normalized spacial score (nSPS) is 19.3. The summed E-state index contributed by atoms with van der Waals surface area (Å²) in [6.07, 6.45) is 2.37. The lowest BCUT2D eigenvalue weighted by Gasteiger charge is -2.30. The van der Waals surface area contributed by atoms with E-state index in [4.69, 9.17) is 9.47 Å². The minimum Gasteiger partial charge on any atom is -0.493 e.